The van der Waals surface area contributed by atoms with Crippen molar-refractivity contribution in [2.24, 2.45) is 0 Å². The highest BCUT2D eigenvalue weighted by molar-refractivity contribution is 6.39. The summed E-state index contributed by atoms with van der Waals surface area (Å²) in [5.74, 6) is 0.323. The van der Waals surface area contributed by atoms with Crippen LogP contribution in [0.4, 0.5) is 0 Å². The van der Waals surface area contributed by atoms with Crippen LogP contribution in [0.3, 0.4) is 0 Å². The summed E-state index contributed by atoms with van der Waals surface area (Å²) in [5, 5.41) is 22.3. The molecule has 0 saturated heterocycles. The number of benzene rings is 2. The van der Waals surface area contributed by atoms with Crippen molar-refractivity contribution in [1.82, 2.24) is 4.57 Å². The predicted octanol–water partition coefficient (Wildman–Crippen LogP) is 4.36. The van der Waals surface area contributed by atoms with Gasteiger partial charge in [0.2, 0.25) is 5.88 Å². The quantitative estimate of drug-likeness (QED) is 0.736. The number of phenolic OH excluding ortho intramolecular Hbond substituents is 1. The van der Waals surface area contributed by atoms with E-state index in [1.54, 1.807) is 30.5 Å². The maximum absolute atomic E-state index is 10.4. The van der Waals surface area contributed by atoms with Crippen molar-refractivity contribution in [1.29, 1.82) is 0 Å². The maximum Gasteiger partial charge on any atom is 0.205 e. The average molecular weight is 324 g/mol. The topological polar surface area (TPSA) is 54.6 Å². The fourth-order valence-corrected chi connectivity index (χ4v) is 2.87. The Morgan fingerprint density at radius 3 is 2.52 bits per heavy atom. The van der Waals surface area contributed by atoms with Gasteiger partial charge in [-0.1, -0.05) is 23.2 Å². The molecule has 3 aromatic rings. The summed E-state index contributed by atoms with van der Waals surface area (Å²) in [4.78, 5) is 0. The van der Waals surface area contributed by atoms with Gasteiger partial charge in [0, 0.05) is 22.7 Å². The van der Waals surface area contributed by atoms with Crippen LogP contribution in [0.1, 0.15) is 0 Å². The molecule has 0 amide bonds. The van der Waals surface area contributed by atoms with E-state index in [-0.39, 0.29) is 11.6 Å². The molecule has 0 spiro atoms. The molecule has 0 atom stereocenters. The first kappa shape index (κ1) is 13.9. The number of fused-ring (bicyclic) bond motifs is 1. The van der Waals surface area contributed by atoms with Crippen LogP contribution in [0.2, 0.25) is 10.0 Å². The molecule has 108 valence electrons. The van der Waals surface area contributed by atoms with E-state index in [9.17, 15) is 10.2 Å². The van der Waals surface area contributed by atoms with Crippen LogP contribution < -0.4 is 4.74 Å². The second-order valence-corrected chi connectivity index (χ2v) is 5.37. The van der Waals surface area contributed by atoms with Crippen LogP contribution in [0.5, 0.6) is 17.4 Å². The summed E-state index contributed by atoms with van der Waals surface area (Å²) in [6.45, 7) is 0. The van der Waals surface area contributed by atoms with Crippen molar-refractivity contribution in [2.75, 3.05) is 7.11 Å². The van der Waals surface area contributed by atoms with E-state index in [1.807, 2.05) is 0 Å². The molecule has 0 radical (unpaired) electrons. The molecule has 2 N–H and O–H groups in total. The molecule has 0 aliphatic carbocycles. The summed E-state index contributed by atoms with van der Waals surface area (Å²) in [7, 11) is 1.47. The number of hydrogen-bond donors (Lipinski definition) is 2. The SMILES string of the molecule is COc1ccc(-n2cc3cc(Cl)cc(Cl)c3c2O)cc1O. The van der Waals surface area contributed by atoms with Gasteiger partial charge in [-0.3, -0.25) is 4.57 Å². The maximum atomic E-state index is 10.4. The summed E-state index contributed by atoms with van der Waals surface area (Å²) >= 11 is 12.1. The van der Waals surface area contributed by atoms with E-state index in [0.29, 0.717) is 32.3 Å². The summed E-state index contributed by atoms with van der Waals surface area (Å²) in [5.41, 5.74) is 0.578. The number of halogens is 2. The highest BCUT2D eigenvalue weighted by Crippen LogP contribution is 2.38. The third-order valence-corrected chi connectivity index (χ3v) is 3.76. The van der Waals surface area contributed by atoms with E-state index in [1.165, 1.54) is 17.7 Å². The predicted molar refractivity (Wildman–Crippen MR) is 83.2 cm³/mol. The van der Waals surface area contributed by atoms with Gasteiger partial charge in [0.1, 0.15) is 0 Å². The Kier molecular flexibility index (Phi) is 3.35. The Balaban J connectivity index is 2.23. The lowest BCUT2D eigenvalue weighted by molar-refractivity contribution is 0.373. The zero-order chi connectivity index (χ0) is 15.1. The molecular formula is C15H11Cl2NO3. The van der Waals surface area contributed by atoms with Crippen LogP contribution in [0.15, 0.2) is 36.5 Å². The molecule has 0 aliphatic rings. The summed E-state index contributed by atoms with van der Waals surface area (Å²) in [6, 6.07) is 8.10. The number of ether oxygens (including phenoxy) is 1. The molecule has 1 aromatic heterocycles. The van der Waals surface area contributed by atoms with Gasteiger partial charge in [-0.05, 0) is 24.3 Å². The van der Waals surface area contributed by atoms with E-state index in [4.69, 9.17) is 27.9 Å². The van der Waals surface area contributed by atoms with Crippen LogP contribution >= 0.6 is 23.2 Å². The van der Waals surface area contributed by atoms with Gasteiger partial charge in [-0.15, -0.1) is 0 Å². The normalized spacial score (nSPS) is 11.0. The Morgan fingerprint density at radius 1 is 1.10 bits per heavy atom. The summed E-state index contributed by atoms with van der Waals surface area (Å²) in [6.07, 6.45) is 1.70. The molecular weight excluding hydrogens is 313 g/mol. The first-order chi connectivity index (χ1) is 10.0. The number of nitrogens with zero attached hydrogens (tertiary/aromatic N) is 1. The van der Waals surface area contributed by atoms with Crippen molar-refractivity contribution >= 4 is 34.0 Å². The lowest BCUT2D eigenvalue weighted by atomic mass is 10.2. The van der Waals surface area contributed by atoms with E-state index < -0.39 is 0 Å². The Labute approximate surface area is 130 Å². The van der Waals surface area contributed by atoms with E-state index in [2.05, 4.69) is 0 Å². The lowest BCUT2D eigenvalue weighted by Gasteiger charge is -2.08. The fourth-order valence-electron chi connectivity index (χ4n) is 2.28. The monoisotopic (exact) mass is 323 g/mol. The first-order valence-corrected chi connectivity index (χ1v) is 6.83. The highest BCUT2D eigenvalue weighted by Gasteiger charge is 2.15. The average Bonchev–Trinajstić information content (AvgIpc) is 2.75. The third kappa shape index (κ3) is 2.26. The van der Waals surface area contributed by atoms with Gasteiger partial charge in [-0.25, -0.2) is 0 Å². The second kappa shape index (κ2) is 5.06. The van der Waals surface area contributed by atoms with Gasteiger partial charge in [-0.2, -0.15) is 0 Å². The van der Waals surface area contributed by atoms with Crippen LogP contribution in [-0.2, 0) is 0 Å². The van der Waals surface area contributed by atoms with Crippen molar-refractivity contribution in [3.8, 4) is 23.1 Å². The zero-order valence-electron chi connectivity index (χ0n) is 11.0. The standard InChI is InChI=1S/C15H11Cl2NO3/c1-21-13-3-2-10(6-12(13)19)18-7-8-4-9(16)5-11(17)14(8)15(18)20/h2-7,19-20H,1H3. The van der Waals surface area contributed by atoms with Crippen LogP contribution in [-0.4, -0.2) is 21.9 Å². The molecule has 0 aliphatic heterocycles. The van der Waals surface area contributed by atoms with Crippen molar-refractivity contribution < 1.29 is 14.9 Å². The number of phenols is 1. The summed E-state index contributed by atoms with van der Waals surface area (Å²) < 4.78 is 6.52. The number of rotatable bonds is 2. The molecule has 0 unspecified atom stereocenters. The van der Waals surface area contributed by atoms with Gasteiger partial charge in [0.15, 0.2) is 11.5 Å². The minimum atomic E-state index is -0.0174. The molecule has 1 heterocycles. The van der Waals surface area contributed by atoms with E-state index >= 15 is 0 Å². The molecule has 4 nitrogen and oxygen atoms in total. The molecule has 0 bridgehead atoms. The van der Waals surface area contributed by atoms with Gasteiger partial charge in [0.25, 0.3) is 0 Å². The Morgan fingerprint density at radius 2 is 1.86 bits per heavy atom. The Bertz CT molecular complexity index is 843. The zero-order valence-corrected chi connectivity index (χ0v) is 12.5. The van der Waals surface area contributed by atoms with Crippen molar-refractivity contribution in [3.05, 3.63) is 46.6 Å². The number of hydrogen-bond acceptors (Lipinski definition) is 3. The van der Waals surface area contributed by atoms with Crippen molar-refractivity contribution in [2.45, 2.75) is 0 Å². The third-order valence-electron chi connectivity index (χ3n) is 3.25. The number of methoxy groups -OCH3 is 1. The number of aromatic hydroxyl groups is 2. The largest absolute Gasteiger partial charge is 0.504 e. The molecule has 6 heteroatoms. The number of aromatic nitrogens is 1. The van der Waals surface area contributed by atoms with Crippen LogP contribution in [0.25, 0.3) is 16.5 Å². The molecule has 0 fully saturated rings. The Hall–Kier alpha value is -2.04. The lowest BCUT2D eigenvalue weighted by Crippen LogP contribution is -1.92. The second-order valence-electron chi connectivity index (χ2n) is 4.53. The molecule has 21 heavy (non-hydrogen) atoms. The highest BCUT2D eigenvalue weighted by atomic mass is 35.5. The minimum Gasteiger partial charge on any atom is -0.504 e. The van der Waals surface area contributed by atoms with Gasteiger partial charge < -0.3 is 14.9 Å². The van der Waals surface area contributed by atoms with Crippen LogP contribution in [0, 0.1) is 0 Å². The smallest absolute Gasteiger partial charge is 0.205 e. The molecule has 2 aromatic carbocycles. The van der Waals surface area contributed by atoms with Crippen molar-refractivity contribution in [3.63, 3.8) is 0 Å². The molecule has 3 rings (SSSR count). The fraction of sp³-hybridized carbons (Fsp3) is 0.0667. The molecule has 0 saturated carbocycles. The van der Waals surface area contributed by atoms with E-state index in [0.717, 1.165) is 0 Å². The minimum absolute atomic E-state index is 0.0173. The first-order valence-electron chi connectivity index (χ1n) is 6.07. The van der Waals surface area contributed by atoms with Gasteiger partial charge in [0.05, 0.1) is 23.2 Å². The van der Waals surface area contributed by atoms with Gasteiger partial charge >= 0.3 is 0 Å².